The molecule has 0 aliphatic carbocycles. The van der Waals surface area contributed by atoms with Crippen LogP contribution < -0.4 is 0 Å². The van der Waals surface area contributed by atoms with Gasteiger partial charge in [0.25, 0.3) is 5.91 Å². The average molecular weight is 389 g/mol. The van der Waals surface area contributed by atoms with E-state index in [1.165, 1.54) is 6.33 Å². The van der Waals surface area contributed by atoms with Crippen LogP contribution in [0.15, 0.2) is 17.0 Å². The minimum absolute atomic E-state index is 0.0196. The molecular weight excluding hydrogens is 362 g/mol. The molecule has 9 nitrogen and oxygen atoms in total. The molecule has 4 rings (SSSR count). The average Bonchev–Trinajstić information content (AvgIpc) is 3.45. The first kappa shape index (κ1) is 19.1. The van der Waals surface area contributed by atoms with Gasteiger partial charge in [-0.2, -0.15) is 4.98 Å². The zero-order valence-electron chi connectivity index (χ0n) is 16.2. The molecule has 2 aromatic rings. The molecule has 0 radical (unpaired) electrons. The Morgan fingerprint density at radius 3 is 2.82 bits per heavy atom. The topological polar surface area (TPSA) is 106 Å². The van der Waals surface area contributed by atoms with Gasteiger partial charge in [0.2, 0.25) is 5.89 Å². The van der Waals surface area contributed by atoms with Crippen molar-refractivity contribution in [2.45, 2.75) is 43.4 Å². The lowest BCUT2D eigenvalue weighted by Crippen LogP contribution is -2.46. The van der Waals surface area contributed by atoms with Crippen LogP contribution in [0.1, 0.15) is 60.2 Å². The number of carbonyl (C=O) groups excluding carboxylic acids is 1. The zero-order chi connectivity index (χ0) is 19.4. The summed E-state index contributed by atoms with van der Waals surface area (Å²) in [5, 5.41) is 4.36. The molecule has 2 saturated heterocycles. The van der Waals surface area contributed by atoms with E-state index < -0.39 is 0 Å². The fourth-order valence-electron chi connectivity index (χ4n) is 4.12. The van der Waals surface area contributed by atoms with Crippen LogP contribution in [0, 0.1) is 0 Å². The van der Waals surface area contributed by atoms with E-state index >= 15 is 0 Å². The van der Waals surface area contributed by atoms with Gasteiger partial charge in [-0.1, -0.05) is 5.16 Å². The predicted octanol–water partition coefficient (Wildman–Crippen LogP) is 1.90. The number of methoxy groups -OCH3 is 1. The van der Waals surface area contributed by atoms with Gasteiger partial charge in [0.15, 0.2) is 5.82 Å². The van der Waals surface area contributed by atoms with Crippen LogP contribution in [0.3, 0.4) is 0 Å². The normalized spacial score (nSPS) is 20.4. The Hall–Kier alpha value is -2.26. The summed E-state index contributed by atoms with van der Waals surface area (Å²) in [4.78, 5) is 26.1. The molecule has 0 spiro atoms. The summed E-state index contributed by atoms with van der Waals surface area (Å²) < 4.78 is 16.4. The van der Waals surface area contributed by atoms with Gasteiger partial charge in [-0.15, -0.1) is 0 Å². The highest BCUT2D eigenvalue weighted by molar-refractivity contribution is 5.92. The summed E-state index contributed by atoms with van der Waals surface area (Å²) in [7, 11) is 1.70. The second kappa shape index (κ2) is 8.40. The third-order valence-corrected chi connectivity index (χ3v) is 6.01. The van der Waals surface area contributed by atoms with Gasteiger partial charge in [0, 0.05) is 51.4 Å². The first-order valence-electron chi connectivity index (χ1n) is 9.90. The number of hydrogen-bond acceptors (Lipinski definition) is 7. The Morgan fingerprint density at radius 1 is 1.36 bits per heavy atom. The monoisotopic (exact) mass is 389 g/mol. The molecule has 152 valence electrons. The van der Waals surface area contributed by atoms with Crippen LogP contribution in [0.4, 0.5) is 0 Å². The van der Waals surface area contributed by atoms with E-state index in [4.69, 9.17) is 19.0 Å². The van der Waals surface area contributed by atoms with Gasteiger partial charge in [-0.3, -0.25) is 4.79 Å². The van der Waals surface area contributed by atoms with Gasteiger partial charge >= 0.3 is 0 Å². The van der Waals surface area contributed by atoms with Crippen molar-refractivity contribution in [2.75, 3.05) is 40.0 Å². The van der Waals surface area contributed by atoms with Crippen LogP contribution >= 0.6 is 0 Å². The molecule has 0 unspecified atom stereocenters. The Bertz CT molecular complexity index is 761. The zero-order valence-corrected chi connectivity index (χ0v) is 16.2. The molecule has 4 heterocycles. The number of hydrogen-bond donors (Lipinski definition) is 1. The quantitative estimate of drug-likeness (QED) is 0.804. The number of nitrogens with zero attached hydrogens (tertiary/aromatic N) is 4. The Labute approximate surface area is 163 Å². The van der Waals surface area contributed by atoms with Crippen LogP contribution in [-0.4, -0.2) is 70.9 Å². The Morgan fingerprint density at radius 2 is 2.14 bits per heavy atom. The fraction of sp³-hybridized carbons (Fsp3) is 0.684. The lowest BCUT2D eigenvalue weighted by Gasteiger charge is -2.39. The summed E-state index contributed by atoms with van der Waals surface area (Å²) in [6, 6.07) is 0. The van der Waals surface area contributed by atoms with E-state index in [0.29, 0.717) is 31.3 Å². The summed E-state index contributed by atoms with van der Waals surface area (Å²) in [5.74, 6) is 1.72. The molecule has 1 amide bonds. The largest absolute Gasteiger partial charge is 0.385 e. The number of aromatic nitrogens is 4. The number of nitrogens with one attached hydrogen (secondary N) is 1. The van der Waals surface area contributed by atoms with Crippen molar-refractivity contribution in [1.82, 2.24) is 25.0 Å². The van der Waals surface area contributed by atoms with Crippen molar-refractivity contribution in [3.8, 4) is 0 Å². The first-order chi connectivity index (χ1) is 13.7. The molecule has 2 aliphatic rings. The summed E-state index contributed by atoms with van der Waals surface area (Å²) >= 11 is 0. The number of H-pyrrole nitrogens is 1. The van der Waals surface area contributed by atoms with Crippen LogP contribution in [0.2, 0.25) is 0 Å². The minimum atomic E-state index is -0.228. The van der Waals surface area contributed by atoms with Crippen molar-refractivity contribution >= 4 is 5.91 Å². The molecule has 2 aromatic heterocycles. The summed E-state index contributed by atoms with van der Waals surface area (Å²) in [6.45, 7) is 3.38. The maximum Gasteiger partial charge on any atom is 0.271 e. The maximum absolute atomic E-state index is 12.6. The van der Waals surface area contributed by atoms with Gasteiger partial charge in [-0.05, 0) is 32.1 Å². The third-order valence-electron chi connectivity index (χ3n) is 6.01. The number of amides is 1. The van der Waals surface area contributed by atoms with Gasteiger partial charge in [0.1, 0.15) is 5.69 Å². The van der Waals surface area contributed by atoms with Crippen molar-refractivity contribution < 1.29 is 18.8 Å². The summed E-state index contributed by atoms with van der Waals surface area (Å²) in [6.07, 6.45) is 7.29. The number of carbonyl (C=O) groups is 1. The maximum atomic E-state index is 12.6. The second-order valence-electron chi connectivity index (χ2n) is 7.62. The molecule has 0 aromatic carbocycles. The Kier molecular flexibility index (Phi) is 5.72. The lowest BCUT2D eigenvalue weighted by atomic mass is 9.75. The molecular formula is C19H27N5O4. The number of piperidine rings is 1. The molecule has 2 aliphatic heterocycles. The molecule has 0 atom stereocenters. The van der Waals surface area contributed by atoms with Crippen molar-refractivity contribution in [1.29, 1.82) is 0 Å². The third kappa shape index (κ3) is 3.81. The van der Waals surface area contributed by atoms with E-state index in [2.05, 4.69) is 15.1 Å². The van der Waals surface area contributed by atoms with E-state index in [1.807, 2.05) is 4.90 Å². The molecule has 28 heavy (non-hydrogen) atoms. The van der Waals surface area contributed by atoms with E-state index in [9.17, 15) is 4.79 Å². The number of aromatic amines is 1. The van der Waals surface area contributed by atoms with Crippen LogP contribution in [0.25, 0.3) is 0 Å². The second-order valence-corrected chi connectivity index (χ2v) is 7.62. The van der Waals surface area contributed by atoms with E-state index in [-0.39, 0.29) is 17.2 Å². The molecule has 1 N–H and O–H groups in total. The fourth-order valence-corrected chi connectivity index (χ4v) is 4.12. The van der Waals surface area contributed by atoms with E-state index in [0.717, 1.165) is 51.1 Å². The van der Waals surface area contributed by atoms with E-state index in [1.54, 1.807) is 13.3 Å². The standard InChI is InChI=1S/C19H27N5O4/c1-26-11-6-19(18-22-16(28-23-18)14-2-9-27-10-3-14)4-7-24(8-5-19)17(25)15-12-20-13-21-15/h12-14H,2-11H2,1H3,(H,20,21). The van der Waals surface area contributed by atoms with Crippen molar-refractivity contribution in [2.24, 2.45) is 0 Å². The minimum Gasteiger partial charge on any atom is -0.385 e. The molecule has 9 heteroatoms. The van der Waals surface area contributed by atoms with Crippen molar-refractivity contribution in [3.63, 3.8) is 0 Å². The number of ether oxygens (including phenoxy) is 2. The Balaban J connectivity index is 1.48. The number of rotatable bonds is 6. The van der Waals surface area contributed by atoms with Gasteiger partial charge < -0.3 is 23.9 Å². The molecule has 2 fully saturated rings. The predicted molar refractivity (Wildman–Crippen MR) is 99.0 cm³/mol. The highest BCUT2D eigenvalue weighted by Gasteiger charge is 2.41. The van der Waals surface area contributed by atoms with Crippen molar-refractivity contribution in [3.05, 3.63) is 29.9 Å². The highest BCUT2D eigenvalue weighted by Crippen LogP contribution is 2.38. The SMILES string of the molecule is COCCC1(c2noc(C3CCOCC3)n2)CCN(C(=O)c2cnc[nH]2)CC1. The summed E-state index contributed by atoms with van der Waals surface area (Å²) in [5.41, 5.74) is 0.291. The highest BCUT2D eigenvalue weighted by atomic mass is 16.5. The van der Waals surface area contributed by atoms with Gasteiger partial charge in [0.05, 0.1) is 12.5 Å². The number of imidazole rings is 1. The van der Waals surface area contributed by atoms with Crippen LogP contribution in [0.5, 0.6) is 0 Å². The molecule has 0 saturated carbocycles. The van der Waals surface area contributed by atoms with Gasteiger partial charge in [-0.25, -0.2) is 4.98 Å². The van der Waals surface area contributed by atoms with Crippen LogP contribution in [-0.2, 0) is 14.9 Å². The number of likely N-dealkylation sites (tertiary alicyclic amines) is 1. The first-order valence-corrected chi connectivity index (χ1v) is 9.90. The molecule has 0 bridgehead atoms. The lowest BCUT2D eigenvalue weighted by molar-refractivity contribution is 0.0611. The smallest absolute Gasteiger partial charge is 0.271 e.